The number of rotatable bonds is 18. The van der Waals surface area contributed by atoms with E-state index in [9.17, 15) is 28.8 Å². The highest BCUT2D eigenvalue weighted by Crippen LogP contribution is 2.77. The zero-order chi connectivity index (χ0) is 51.4. The minimum atomic E-state index is -4.32. The summed E-state index contributed by atoms with van der Waals surface area (Å²) >= 11 is 0. The summed E-state index contributed by atoms with van der Waals surface area (Å²) in [6.45, 7) is 8.30. The maximum Gasteiger partial charge on any atom is 0.447 e. The van der Waals surface area contributed by atoms with E-state index in [-0.39, 0.29) is 69.9 Å². The smallest absolute Gasteiger partial charge is 0.440 e. The molecule has 1 aliphatic heterocycles. The Morgan fingerprint density at radius 3 is 0.944 bits per heavy atom. The standard InChI is InChI=1S/C48H48N9O12P3/c1-31(58)49-37-7-19-43(20-8-37)64-56-70(66-45-23-11-39(12-24-45)51-33(3)60)55-72(68-47-27-15-41(16-28-47)53-35(5)62,69-48-29-17-42(18-30-48)54-36(6)63)57(65-44-21-9-38(10-22-44)50-32(2)59)71(56)67-46-25-13-40(14-26-46)52-34(4)61/h7-30H,1-6H3,(H,49,58)(H,50,59)(H,51,60)(H,52,61)(H,53,62)(H,54,63). The maximum atomic E-state index is 12.0. The van der Waals surface area contributed by atoms with Crippen molar-refractivity contribution in [3.63, 3.8) is 0 Å². The molecule has 0 fully saturated rings. The zero-order valence-electron chi connectivity index (χ0n) is 39.4. The number of carbonyl (C=O) groups excluding carboxylic acids is 6. The molecule has 6 amide bonds. The van der Waals surface area contributed by atoms with E-state index >= 15 is 0 Å². The average Bonchev–Trinajstić information content (AvgIpc) is 3.31. The molecule has 24 heteroatoms. The fourth-order valence-electron chi connectivity index (χ4n) is 6.26. The zero-order valence-corrected chi connectivity index (χ0v) is 42.1. The Balaban J connectivity index is 1.48. The van der Waals surface area contributed by atoms with Crippen LogP contribution >= 0.6 is 24.6 Å². The van der Waals surface area contributed by atoms with Crippen molar-refractivity contribution in [1.82, 2.24) is 9.21 Å². The van der Waals surface area contributed by atoms with Gasteiger partial charge in [0.2, 0.25) is 35.4 Å². The number of hydrogen-bond acceptors (Lipinski definition) is 15. The molecule has 7 rings (SSSR count). The normalized spacial score (nSPS) is 15.0. The van der Waals surface area contributed by atoms with E-state index in [1.165, 1.54) is 50.8 Å². The number of hydrogen-bond donors (Lipinski definition) is 6. The van der Waals surface area contributed by atoms with Crippen LogP contribution in [-0.2, 0) is 28.8 Å². The molecule has 0 aromatic heterocycles. The Morgan fingerprint density at radius 1 is 0.375 bits per heavy atom. The number of amides is 6. The first-order valence-corrected chi connectivity index (χ1v) is 25.5. The van der Waals surface area contributed by atoms with Crippen LogP contribution in [0, 0.1) is 0 Å². The van der Waals surface area contributed by atoms with Crippen LogP contribution in [0.25, 0.3) is 0 Å². The lowest BCUT2D eigenvalue weighted by Crippen LogP contribution is -2.37. The van der Waals surface area contributed by atoms with Gasteiger partial charge in [-0.15, -0.1) is 4.52 Å². The van der Waals surface area contributed by atoms with Crippen LogP contribution in [0.5, 0.6) is 34.5 Å². The Morgan fingerprint density at radius 2 is 0.639 bits per heavy atom. The lowest BCUT2D eigenvalue weighted by Gasteiger charge is -2.43. The summed E-state index contributed by atoms with van der Waals surface area (Å²) in [4.78, 5) is 85.7. The predicted molar refractivity (Wildman–Crippen MR) is 275 cm³/mol. The van der Waals surface area contributed by atoms with Gasteiger partial charge >= 0.3 is 24.6 Å². The summed E-state index contributed by atoms with van der Waals surface area (Å²) in [5, 5.41) is 16.5. The highest BCUT2D eigenvalue weighted by atomic mass is 31.3. The molecule has 21 nitrogen and oxygen atoms in total. The molecule has 0 aliphatic carbocycles. The molecule has 72 heavy (non-hydrogen) atoms. The Kier molecular flexibility index (Phi) is 17.1. The molecule has 2 atom stereocenters. The van der Waals surface area contributed by atoms with Gasteiger partial charge < -0.3 is 59.7 Å². The van der Waals surface area contributed by atoms with Crippen LogP contribution in [0.2, 0.25) is 0 Å². The van der Waals surface area contributed by atoms with Gasteiger partial charge in [0.05, 0.1) is 0 Å². The van der Waals surface area contributed by atoms with Crippen molar-refractivity contribution in [3.8, 4) is 34.5 Å². The van der Waals surface area contributed by atoms with Gasteiger partial charge in [-0.3, -0.25) is 28.8 Å². The van der Waals surface area contributed by atoms with Crippen LogP contribution in [0.3, 0.4) is 0 Å². The number of carbonyl (C=O) groups is 6. The molecule has 0 saturated heterocycles. The molecule has 2 unspecified atom stereocenters. The minimum absolute atomic E-state index is 0.190. The lowest BCUT2D eigenvalue weighted by atomic mass is 10.3. The molecule has 1 heterocycles. The molecule has 0 radical (unpaired) electrons. The highest BCUT2D eigenvalue weighted by molar-refractivity contribution is 7.78. The molecule has 6 aromatic rings. The van der Waals surface area contributed by atoms with Crippen LogP contribution in [0.4, 0.5) is 34.1 Å². The van der Waals surface area contributed by atoms with Crippen molar-refractivity contribution in [3.05, 3.63) is 146 Å². The SMILES string of the molecule is CC(=O)Nc1ccc(ON2P(Oc3ccc(NC(C)=O)cc3)N=P(Oc3ccc(NC(C)=O)cc3)(Oc3ccc(NC(C)=O)cc3)N(Oc3ccc(NC(C)=O)cc3)P2Oc2ccc(NC(C)=O)cc2)cc1. The summed E-state index contributed by atoms with van der Waals surface area (Å²) in [6, 6.07) is 38.8. The molecule has 0 spiro atoms. The number of nitrogens with zero attached hydrogens (tertiary/aromatic N) is 3. The molecule has 0 bridgehead atoms. The van der Waals surface area contributed by atoms with E-state index in [1.54, 1.807) is 146 Å². The number of anilines is 6. The Hall–Kier alpha value is -8.05. The van der Waals surface area contributed by atoms with E-state index < -0.39 is 24.6 Å². The quantitative estimate of drug-likeness (QED) is 0.0438. The summed E-state index contributed by atoms with van der Waals surface area (Å²) in [6.07, 6.45) is 0. The average molecular weight is 1040 g/mol. The third-order valence-corrected chi connectivity index (χ3v) is 15.9. The van der Waals surface area contributed by atoms with Crippen molar-refractivity contribution in [2.24, 2.45) is 4.52 Å². The molecular weight excluding hydrogens is 988 g/mol. The lowest BCUT2D eigenvalue weighted by molar-refractivity contribution is -0.115. The van der Waals surface area contributed by atoms with E-state index in [4.69, 9.17) is 32.3 Å². The topological polar surface area (TPSA) is 249 Å². The first kappa shape index (κ1) is 51.8. The predicted octanol–water partition coefficient (Wildman–Crippen LogP) is 11.1. The Labute approximate surface area is 416 Å². The van der Waals surface area contributed by atoms with Crippen molar-refractivity contribution < 1.29 is 56.5 Å². The molecule has 6 N–H and O–H groups in total. The fraction of sp³-hybridized carbons (Fsp3) is 0.125. The summed E-state index contributed by atoms with van der Waals surface area (Å²) in [5.74, 6) is -0.415. The fourth-order valence-corrected chi connectivity index (χ4v) is 13.8. The van der Waals surface area contributed by atoms with E-state index in [2.05, 4.69) is 31.9 Å². The summed E-state index contributed by atoms with van der Waals surface area (Å²) < 4.78 is 35.7. The molecule has 372 valence electrons. The van der Waals surface area contributed by atoms with Crippen LogP contribution < -0.4 is 59.7 Å². The van der Waals surface area contributed by atoms with Gasteiger partial charge in [0.1, 0.15) is 34.5 Å². The van der Waals surface area contributed by atoms with Gasteiger partial charge in [0, 0.05) is 84.9 Å². The van der Waals surface area contributed by atoms with Crippen LogP contribution in [-0.4, -0.2) is 44.7 Å². The second kappa shape index (κ2) is 23.7. The van der Waals surface area contributed by atoms with Crippen molar-refractivity contribution in [2.45, 2.75) is 41.5 Å². The summed E-state index contributed by atoms with van der Waals surface area (Å²) in [5.41, 5.74) is 2.87. The largest absolute Gasteiger partial charge is 0.447 e. The van der Waals surface area contributed by atoms with Gasteiger partial charge in [0.25, 0.3) is 0 Å². The second-order valence-corrected chi connectivity index (χ2v) is 20.9. The first-order valence-electron chi connectivity index (χ1n) is 21.7. The van der Waals surface area contributed by atoms with Crippen LogP contribution in [0.1, 0.15) is 41.5 Å². The summed E-state index contributed by atoms with van der Waals surface area (Å²) in [7, 11) is -9.48. The second-order valence-electron chi connectivity index (χ2n) is 15.4. The van der Waals surface area contributed by atoms with Gasteiger partial charge in [-0.25, -0.2) is 0 Å². The third-order valence-electron chi connectivity index (χ3n) is 9.09. The first-order chi connectivity index (χ1) is 34.5. The van der Waals surface area contributed by atoms with Gasteiger partial charge in [-0.1, -0.05) is 0 Å². The maximum absolute atomic E-state index is 12.0. The molecule has 0 saturated carbocycles. The van der Waals surface area contributed by atoms with E-state index in [0.717, 1.165) is 0 Å². The molecule has 1 aliphatic rings. The Bertz CT molecular complexity index is 2910. The third kappa shape index (κ3) is 14.7. The van der Waals surface area contributed by atoms with Gasteiger partial charge in [-0.2, -0.15) is 0 Å². The number of benzene rings is 6. The van der Waals surface area contributed by atoms with E-state index in [1.807, 2.05) is 0 Å². The minimum Gasteiger partial charge on any atom is -0.440 e. The van der Waals surface area contributed by atoms with Crippen molar-refractivity contribution >= 4 is 94.1 Å². The van der Waals surface area contributed by atoms with Crippen molar-refractivity contribution in [1.29, 1.82) is 0 Å². The molecule has 6 aromatic carbocycles. The van der Waals surface area contributed by atoms with Crippen LogP contribution in [0.15, 0.2) is 150 Å². The highest BCUT2D eigenvalue weighted by Gasteiger charge is 2.58. The van der Waals surface area contributed by atoms with Gasteiger partial charge in [0.15, 0.2) is 0 Å². The van der Waals surface area contributed by atoms with E-state index in [0.29, 0.717) is 34.1 Å². The van der Waals surface area contributed by atoms with Crippen molar-refractivity contribution in [2.75, 3.05) is 31.9 Å². The monoisotopic (exact) mass is 1040 g/mol. The van der Waals surface area contributed by atoms with Gasteiger partial charge in [-0.05, 0) is 146 Å². The molecular formula is C48H48N9O12P3. The number of nitrogens with one attached hydrogen (secondary N) is 6.